The molecule has 6 nitrogen and oxygen atoms in total. The first-order chi connectivity index (χ1) is 15.5. The molecule has 7 heteroatoms. The Balaban J connectivity index is 1.44. The van der Waals surface area contributed by atoms with E-state index in [0.29, 0.717) is 17.1 Å². The molecule has 0 saturated carbocycles. The van der Waals surface area contributed by atoms with Crippen molar-refractivity contribution in [1.29, 1.82) is 0 Å². The topological polar surface area (TPSA) is 77.0 Å². The lowest BCUT2D eigenvalue weighted by Crippen LogP contribution is -2.24. The summed E-state index contributed by atoms with van der Waals surface area (Å²) in [7, 11) is 0. The van der Waals surface area contributed by atoms with E-state index in [1.807, 2.05) is 30.3 Å². The number of amides is 1. The molecule has 3 aromatic carbocycles. The Kier molecular flexibility index (Phi) is 8.57. The van der Waals surface area contributed by atoms with Crippen LogP contribution >= 0.6 is 15.9 Å². The summed E-state index contributed by atoms with van der Waals surface area (Å²) in [5.41, 5.74) is 4.85. The van der Waals surface area contributed by atoms with Gasteiger partial charge in [-0.1, -0.05) is 47.5 Å². The first kappa shape index (κ1) is 23.2. The molecule has 0 atom stereocenters. The number of benzene rings is 3. The quantitative estimate of drug-likeness (QED) is 0.193. The first-order valence-electron chi connectivity index (χ1n) is 10.1. The number of hydrogen-bond donors (Lipinski definition) is 1. The zero-order chi connectivity index (χ0) is 22.8. The van der Waals surface area contributed by atoms with E-state index in [4.69, 9.17) is 9.47 Å². The number of esters is 1. The second-order valence-electron chi connectivity index (χ2n) is 6.94. The second-order valence-corrected chi connectivity index (χ2v) is 7.86. The number of carbonyl (C=O) groups is 2. The van der Waals surface area contributed by atoms with E-state index < -0.39 is 5.97 Å². The van der Waals surface area contributed by atoms with E-state index in [0.717, 1.165) is 22.9 Å². The predicted molar refractivity (Wildman–Crippen MR) is 127 cm³/mol. The van der Waals surface area contributed by atoms with Crippen LogP contribution in [0.3, 0.4) is 0 Å². The van der Waals surface area contributed by atoms with Gasteiger partial charge in [0.15, 0.2) is 6.61 Å². The minimum absolute atomic E-state index is 0.130. The first-order valence-corrected chi connectivity index (χ1v) is 10.9. The lowest BCUT2D eigenvalue weighted by Gasteiger charge is -2.06. The van der Waals surface area contributed by atoms with Crippen molar-refractivity contribution in [3.05, 3.63) is 94.0 Å². The van der Waals surface area contributed by atoms with Crippen molar-refractivity contribution in [2.45, 2.75) is 19.8 Å². The van der Waals surface area contributed by atoms with Crippen LogP contribution in [0.5, 0.6) is 11.5 Å². The normalized spacial score (nSPS) is 10.7. The molecule has 0 aliphatic carbocycles. The number of nitrogens with zero attached hydrogens (tertiary/aromatic N) is 1. The van der Waals surface area contributed by atoms with Crippen molar-refractivity contribution in [2.24, 2.45) is 5.10 Å². The van der Waals surface area contributed by atoms with Gasteiger partial charge in [-0.05, 0) is 72.1 Å². The molecule has 0 saturated heterocycles. The summed E-state index contributed by atoms with van der Waals surface area (Å²) < 4.78 is 11.6. The Morgan fingerprint density at radius 2 is 1.72 bits per heavy atom. The molecule has 0 unspecified atom stereocenters. The Hall–Kier alpha value is -3.45. The highest BCUT2D eigenvalue weighted by Crippen LogP contribution is 2.16. The molecule has 0 bridgehead atoms. The molecule has 3 aromatic rings. The Bertz CT molecular complexity index is 1080. The highest BCUT2D eigenvalue weighted by molar-refractivity contribution is 9.10. The molecule has 0 spiro atoms. The van der Waals surface area contributed by atoms with E-state index in [2.05, 4.69) is 33.4 Å². The summed E-state index contributed by atoms with van der Waals surface area (Å²) in [6.45, 7) is 2.00. The lowest BCUT2D eigenvalue weighted by molar-refractivity contribution is -0.123. The highest BCUT2D eigenvalue weighted by Gasteiger charge is 2.08. The summed E-state index contributed by atoms with van der Waals surface area (Å²) in [5.74, 6) is 0.241. The number of halogens is 1. The van der Waals surface area contributed by atoms with Crippen LogP contribution in [0.4, 0.5) is 0 Å². The van der Waals surface area contributed by atoms with Crippen molar-refractivity contribution in [1.82, 2.24) is 5.43 Å². The average Bonchev–Trinajstić information content (AvgIpc) is 2.80. The number of carbonyl (C=O) groups excluding carboxylic acids is 2. The minimum Gasteiger partial charge on any atom is -0.484 e. The molecule has 0 fully saturated rings. The molecule has 0 radical (unpaired) electrons. The Morgan fingerprint density at radius 1 is 1.00 bits per heavy atom. The fourth-order valence-electron chi connectivity index (χ4n) is 2.80. The third-order valence-electron chi connectivity index (χ3n) is 4.39. The number of aryl methyl sites for hydroxylation is 1. The van der Waals surface area contributed by atoms with Crippen LogP contribution in [0.25, 0.3) is 0 Å². The van der Waals surface area contributed by atoms with Crippen LogP contribution < -0.4 is 14.9 Å². The van der Waals surface area contributed by atoms with Crippen molar-refractivity contribution in [3.63, 3.8) is 0 Å². The van der Waals surface area contributed by atoms with Gasteiger partial charge >= 0.3 is 5.97 Å². The van der Waals surface area contributed by atoms with Gasteiger partial charge in [-0.15, -0.1) is 0 Å². The van der Waals surface area contributed by atoms with Crippen molar-refractivity contribution in [2.75, 3.05) is 6.61 Å². The van der Waals surface area contributed by atoms with Crippen LogP contribution in [-0.2, 0) is 11.2 Å². The lowest BCUT2D eigenvalue weighted by atomic mass is 10.1. The van der Waals surface area contributed by atoms with E-state index in [1.165, 1.54) is 11.8 Å². The van der Waals surface area contributed by atoms with E-state index in [1.54, 1.807) is 42.5 Å². The van der Waals surface area contributed by atoms with Gasteiger partial charge in [0.25, 0.3) is 5.91 Å². The smallest absolute Gasteiger partial charge is 0.343 e. The van der Waals surface area contributed by atoms with E-state index in [9.17, 15) is 9.59 Å². The summed E-state index contributed by atoms with van der Waals surface area (Å²) >= 11 is 3.33. The number of nitrogens with one attached hydrogen (secondary N) is 1. The third kappa shape index (κ3) is 7.35. The van der Waals surface area contributed by atoms with Gasteiger partial charge in [-0.3, -0.25) is 4.79 Å². The molecule has 1 amide bonds. The summed E-state index contributed by atoms with van der Waals surface area (Å²) in [4.78, 5) is 24.1. The predicted octanol–water partition coefficient (Wildman–Crippen LogP) is 5.15. The third-order valence-corrected chi connectivity index (χ3v) is 4.88. The molecule has 0 aromatic heterocycles. The SMILES string of the molecule is CCCc1ccc(OCC(=O)NN=Cc2ccc(OC(=O)c3cccc(Br)c3)cc2)cc1. The average molecular weight is 495 g/mol. The van der Waals surface area contributed by atoms with Crippen LogP contribution in [0.1, 0.15) is 34.8 Å². The number of rotatable bonds is 9. The molecule has 0 aliphatic heterocycles. The van der Waals surface area contributed by atoms with E-state index >= 15 is 0 Å². The number of hydrogen-bond acceptors (Lipinski definition) is 5. The molecule has 32 heavy (non-hydrogen) atoms. The van der Waals surface area contributed by atoms with Gasteiger partial charge in [-0.25, -0.2) is 10.2 Å². The fraction of sp³-hybridized carbons (Fsp3) is 0.160. The maximum absolute atomic E-state index is 12.2. The highest BCUT2D eigenvalue weighted by atomic mass is 79.9. The molecule has 0 heterocycles. The zero-order valence-corrected chi connectivity index (χ0v) is 19.2. The monoisotopic (exact) mass is 494 g/mol. The van der Waals surface area contributed by atoms with Gasteiger partial charge in [0.05, 0.1) is 11.8 Å². The van der Waals surface area contributed by atoms with E-state index in [-0.39, 0.29) is 12.5 Å². The molecular formula is C25H23BrN2O4. The van der Waals surface area contributed by atoms with Crippen molar-refractivity contribution >= 4 is 34.0 Å². The van der Waals surface area contributed by atoms with Gasteiger partial charge < -0.3 is 9.47 Å². The Morgan fingerprint density at radius 3 is 2.41 bits per heavy atom. The molecule has 0 aliphatic rings. The number of hydrazone groups is 1. The van der Waals surface area contributed by atoms with Crippen molar-refractivity contribution in [3.8, 4) is 11.5 Å². The van der Waals surface area contributed by atoms with Crippen molar-refractivity contribution < 1.29 is 19.1 Å². The molecule has 164 valence electrons. The number of ether oxygens (including phenoxy) is 2. The summed E-state index contributed by atoms with van der Waals surface area (Å²) in [6, 6.07) is 21.4. The zero-order valence-electron chi connectivity index (χ0n) is 17.6. The molecule has 1 N–H and O–H groups in total. The van der Waals surface area contributed by atoms with Gasteiger partial charge in [0.1, 0.15) is 11.5 Å². The summed E-state index contributed by atoms with van der Waals surface area (Å²) in [6.07, 6.45) is 3.60. The van der Waals surface area contributed by atoms with Gasteiger partial charge in [0, 0.05) is 4.47 Å². The largest absolute Gasteiger partial charge is 0.484 e. The molecule has 3 rings (SSSR count). The standard InChI is InChI=1S/C25H23BrN2O4/c1-2-4-18-7-11-22(12-8-18)31-17-24(29)28-27-16-19-9-13-23(14-10-19)32-25(30)20-5-3-6-21(26)15-20/h3,5-16H,2,4,17H2,1H3,(H,28,29). The minimum atomic E-state index is -0.444. The van der Waals surface area contributed by atoms with Crippen LogP contribution in [0.15, 0.2) is 82.4 Å². The van der Waals surface area contributed by atoms with Gasteiger partial charge in [-0.2, -0.15) is 5.10 Å². The van der Waals surface area contributed by atoms with Crippen LogP contribution in [0.2, 0.25) is 0 Å². The van der Waals surface area contributed by atoms with Crippen LogP contribution in [-0.4, -0.2) is 24.7 Å². The Labute approximate surface area is 195 Å². The second kappa shape index (κ2) is 11.8. The molecular weight excluding hydrogens is 472 g/mol. The maximum atomic E-state index is 12.2. The fourth-order valence-corrected chi connectivity index (χ4v) is 3.20. The van der Waals surface area contributed by atoms with Gasteiger partial charge in [0.2, 0.25) is 0 Å². The maximum Gasteiger partial charge on any atom is 0.343 e. The van der Waals surface area contributed by atoms with Crippen LogP contribution in [0, 0.1) is 0 Å². The summed E-state index contributed by atoms with van der Waals surface area (Å²) in [5, 5.41) is 3.92.